The predicted octanol–water partition coefficient (Wildman–Crippen LogP) is 3.64. The maximum Gasteiger partial charge on any atom is 0.322 e. The monoisotopic (exact) mass is 466 g/mol. The number of aromatic nitrogens is 1. The summed E-state index contributed by atoms with van der Waals surface area (Å²) >= 11 is 1.30. The quantitative estimate of drug-likeness (QED) is 0.495. The minimum absolute atomic E-state index is 0.196. The van der Waals surface area contributed by atoms with Crippen LogP contribution >= 0.6 is 11.3 Å². The summed E-state index contributed by atoms with van der Waals surface area (Å²) in [5.41, 5.74) is 9.53. The van der Waals surface area contributed by atoms with Crippen LogP contribution in [-0.2, 0) is 13.0 Å². The molecule has 0 saturated heterocycles. The minimum Gasteiger partial charge on any atom is -0.497 e. The van der Waals surface area contributed by atoms with Crippen molar-refractivity contribution >= 4 is 46.0 Å². The number of rotatable bonds is 5. The molecule has 4 rings (SSSR count). The van der Waals surface area contributed by atoms with Crippen molar-refractivity contribution in [1.29, 1.82) is 0 Å². The number of benzene rings is 2. The number of urea groups is 1. The SMILES string of the molecule is COc1ccc(NC(=O)N2CCc3nc(C(=O)Nc4cc(N(C)C)ccc4N)sc3C2)cc1. The number of hydrogen-bond acceptors (Lipinski definition) is 7. The largest absolute Gasteiger partial charge is 0.497 e. The number of nitrogens with two attached hydrogens (primary N) is 1. The van der Waals surface area contributed by atoms with Crippen LogP contribution in [-0.4, -0.2) is 49.6 Å². The maximum absolute atomic E-state index is 12.8. The highest BCUT2D eigenvalue weighted by atomic mass is 32.1. The molecule has 1 aliphatic rings. The first kappa shape index (κ1) is 22.4. The zero-order valence-corrected chi connectivity index (χ0v) is 19.5. The average Bonchev–Trinajstić information content (AvgIpc) is 3.24. The van der Waals surface area contributed by atoms with Crippen LogP contribution in [0.3, 0.4) is 0 Å². The smallest absolute Gasteiger partial charge is 0.322 e. The Hall–Kier alpha value is -3.79. The molecule has 0 saturated carbocycles. The Labute approximate surface area is 196 Å². The average molecular weight is 467 g/mol. The number of hydrogen-bond donors (Lipinski definition) is 3. The summed E-state index contributed by atoms with van der Waals surface area (Å²) < 4.78 is 5.14. The van der Waals surface area contributed by atoms with Gasteiger partial charge in [0.25, 0.3) is 5.91 Å². The van der Waals surface area contributed by atoms with Crippen molar-refractivity contribution in [1.82, 2.24) is 9.88 Å². The predicted molar refractivity (Wildman–Crippen MR) is 131 cm³/mol. The van der Waals surface area contributed by atoms with Crippen LogP contribution in [0, 0.1) is 0 Å². The summed E-state index contributed by atoms with van der Waals surface area (Å²) in [6.45, 7) is 0.929. The molecule has 33 heavy (non-hydrogen) atoms. The van der Waals surface area contributed by atoms with Crippen LogP contribution in [0.2, 0.25) is 0 Å². The molecule has 2 aromatic carbocycles. The van der Waals surface area contributed by atoms with Crippen molar-refractivity contribution in [3.8, 4) is 5.75 Å². The number of carbonyl (C=O) groups is 2. The third-order valence-electron chi connectivity index (χ3n) is 5.36. The van der Waals surface area contributed by atoms with Crippen LogP contribution in [0.1, 0.15) is 20.4 Å². The number of nitrogens with zero attached hydrogens (tertiary/aromatic N) is 3. The van der Waals surface area contributed by atoms with Gasteiger partial charge in [-0.25, -0.2) is 9.78 Å². The number of anilines is 4. The molecule has 1 aromatic heterocycles. The van der Waals surface area contributed by atoms with E-state index >= 15 is 0 Å². The highest BCUT2D eigenvalue weighted by Crippen LogP contribution is 2.29. The van der Waals surface area contributed by atoms with E-state index in [1.54, 1.807) is 42.3 Å². The number of amides is 3. The molecule has 2 heterocycles. The molecular weight excluding hydrogens is 440 g/mol. The van der Waals surface area contributed by atoms with Crippen molar-refractivity contribution in [2.75, 3.05) is 49.0 Å². The number of fused-ring (bicyclic) bond motifs is 1. The molecule has 0 bridgehead atoms. The van der Waals surface area contributed by atoms with Gasteiger partial charge < -0.3 is 30.9 Å². The van der Waals surface area contributed by atoms with Crippen LogP contribution in [0.5, 0.6) is 5.75 Å². The summed E-state index contributed by atoms with van der Waals surface area (Å²) in [5, 5.41) is 6.11. The van der Waals surface area contributed by atoms with E-state index < -0.39 is 0 Å². The van der Waals surface area contributed by atoms with Crippen molar-refractivity contribution in [3.63, 3.8) is 0 Å². The third-order valence-corrected chi connectivity index (χ3v) is 6.44. The van der Waals surface area contributed by atoms with Crippen molar-refractivity contribution in [2.45, 2.75) is 13.0 Å². The second-order valence-corrected chi connectivity index (χ2v) is 8.92. The molecule has 9 nitrogen and oxygen atoms in total. The van der Waals surface area contributed by atoms with Gasteiger partial charge in [-0.1, -0.05) is 0 Å². The first-order chi connectivity index (χ1) is 15.8. The lowest BCUT2D eigenvalue weighted by molar-refractivity contribution is 0.102. The summed E-state index contributed by atoms with van der Waals surface area (Å²) in [6.07, 6.45) is 0.591. The normalized spacial score (nSPS) is 12.6. The molecule has 0 unspecified atom stereocenters. The standard InChI is InChI=1S/C23H26N6O3S/c1-28(2)15-6-9-17(24)19(12-15)26-21(30)22-27-18-10-11-29(13-20(18)33-22)23(31)25-14-4-7-16(32-3)8-5-14/h4-9,12H,10-11,13,24H2,1-3H3,(H,25,31)(H,26,30). The van der Waals surface area contributed by atoms with Gasteiger partial charge in [-0.05, 0) is 42.5 Å². The number of nitrogen functional groups attached to an aromatic ring is 1. The fraction of sp³-hybridized carbons (Fsp3) is 0.261. The van der Waals surface area contributed by atoms with Crippen LogP contribution in [0.25, 0.3) is 0 Å². The van der Waals surface area contributed by atoms with Gasteiger partial charge in [0, 0.05) is 43.3 Å². The van der Waals surface area contributed by atoms with E-state index in [1.807, 2.05) is 31.1 Å². The highest BCUT2D eigenvalue weighted by molar-refractivity contribution is 7.13. The molecule has 0 aliphatic carbocycles. The Morgan fingerprint density at radius 1 is 1.15 bits per heavy atom. The molecule has 3 amide bonds. The third kappa shape index (κ3) is 5.01. The van der Waals surface area contributed by atoms with Crippen LogP contribution < -0.4 is 26.0 Å². The Bertz CT molecular complexity index is 1180. The fourth-order valence-electron chi connectivity index (χ4n) is 3.45. The molecule has 3 aromatic rings. The Balaban J connectivity index is 1.42. The van der Waals surface area contributed by atoms with E-state index in [9.17, 15) is 9.59 Å². The number of nitrogens with one attached hydrogen (secondary N) is 2. The van der Waals surface area contributed by atoms with E-state index in [0.717, 1.165) is 22.0 Å². The zero-order chi connectivity index (χ0) is 23.5. The topological polar surface area (TPSA) is 113 Å². The highest BCUT2D eigenvalue weighted by Gasteiger charge is 2.26. The van der Waals surface area contributed by atoms with Crippen molar-refractivity contribution in [3.05, 3.63) is 58.0 Å². The molecule has 0 radical (unpaired) electrons. The van der Waals surface area contributed by atoms with Gasteiger partial charge in [0.15, 0.2) is 5.01 Å². The Morgan fingerprint density at radius 3 is 2.61 bits per heavy atom. The summed E-state index contributed by atoms with van der Waals surface area (Å²) in [4.78, 5) is 34.6. The van der Waals surface area contributed by atoms with Gasteiger partial charge >= 0.3 is 6.03 Å². The maximum atomic E-state index is 12.8. The minimum atomic E-state index is -0.314. The van der Waals surface area contributed by atoms with Crippen LogP contribution in [0.4, 0.5) is 27.5 Å². The van der Waals surface area contributed by atoms with Gasteiger partial charge in [0.1, 0.15) is 5.75 Å². The lowest BCUT2D eigenvalue weighted by Gasteiger charge is -2.26. The summed E-state index contributed by atoms with van der Waals surface area (Å²) in [6, 6.07) is 12.4. The molecule has 0 fully saturated rings. The first-order valence-electron chi connectivity index (χ1n) is 10.4. The van der Waals surface area contributed by atoms with Gasteiger partial charge in [0.05, 0.1) is 30.7 Å². The van der Waals surface area contributed by atoms with Crippen molar-refractivity contribution < 1.29 is 14.3 Å². The molecule has 1 aliphatic heterocycles. The lowest BCUT2D eigenvalue weighted by atomic mass is 10.2. The van der Waals surface area contributed by atoms with Crippen molar-refractivity contribution in [2.24, 2.45) is 0 Å². The van der Waals surface area contributed by atoms with E-state index in [-0.39, 0.29) is 11.9 Å². The number of methoxy groups -OCH3 is 1. The van der Waals surface area contributed by atoms with Gasteiger partial charge in [-0.3, -0.25) is 4.79 Å². The lowest BCUT2D eigenvalue weighted by Crippen LogP contribution is -2.38. The Morgan fingerprint density at radius 2 is 1.91 bits per heavy atom. The second-order valence-electron chi connectivity index (χ2n) is 7.84. The summed E-state index contributed by atoms with van der Waals surface area (Å²) in [5.74, 6) is 0.410. The van der Waals surface area contributed by atoms with E-state index in [1.165, 1.54) is 11.3 Å². The van der Waals surface area contributed by atoms with Gasteiger partial charge in [-0.15, -0.1) is 11.3 Å². The molecule has 0 spiro atoms. The molecule has 10 heteroatoms. The summed E-state index contributed by atoms with van der Waals surface area (Å²) in [7, 11) is 5.43. The number of ether oxygens (including phenoxy) is 1. The molecule has 0 atom stereocenters. The number of thiazole rings is 1. The van der Waals surface area contributed by atoms with E-state index in [4.69, 9.17) is 10.5 Å². The van der Waals surface area contributed by atoms with E-state index in [2.05, 4.69) is 15.6 Å². The molecule has 4 N–H and O–H groups in total. The first-order valence-corrected chi connectivity index (χ1v) is 11.2. The van der Waals surface area contributed by atoms with Crippen LogP contribution in [0.15, 0.2) is 42.5 Å². The molecular formula is C23H26N6O3S. The van der Waals surface area contributed by atoms with Gasteiger partial charge in [-0.2, -0.15) is 0 Å². The molecule has 172 valence electrons. The van der Waals surface area contributed by atoms with Gasteiger partial charge in [0.2, 0.25) is 0 Å². The Kier molecular flexibility index (Phi) is 6.36. The van der Waals surface area contributed by atoms with E-state index in [0.29, 0.717) is 41.6 Å². The second kappa shape index (κ2) is 9.37. The fourth-order valence-corrected chi connectivity index (χ4v) is 4.47. The number of carbonyl (C=O) groups excluding carboxylic acids is 2. The zero-order valence-electron chi connectivity index (χ0n) is 18.7.